The van der Waals surface area contributed by atoms with Gasteiger partial charge in [0, 0.05) is 25.9 Å². The van der Waals surface area contributed by atoms with Crippen LogP contribution in [0.25, 0.3) is 0 Å². The van der Waals surface area contributed by atoms with Crippen molar-refractivity contribution in [3.05, 3.63) is 0 Å². The van der Waals surface area contributed by atoms with Crippen LogP contribution < -0.4 is 22.1 Å². The van der Waals surface area contributed by atoms with Crippen molar-refractivity contribution in [3.63, 3.8) is 0 Å². The van der Waals surface area contributed by atoms with Crippen molar-refractivity contribution in [1.82, 2.24) is 10.6 Å². The van der Waals surface area contributed by atoms with Crippen molar-refractivity contribution < 1.29 is 28.7 Å². The molecule has 0 bridgehead atoms. The van der Waals surface area contributed by atoms with Gasteiger partial charge < -0.3 is 31.6 Å². The molecule has 0 heterocycles. The number of nitrogens with one attached hydrogen (secondary N) is 2. The molecule has 0 fully saturated rings. The molecule has 0 aromatic rings. The van der Waals surface area contributed by atoms with Crippen LogP contribution in [0.4, 0.5) is 0 Å². The molecule has 0 aliphatic carbocycles. The number of amides is 2. The second kappa shape index (κ2) is 30.8. The Morgan fingerprint density at radius 1 is 0.477 bits per heavy atom. The van der Waals surface area contributed by atoms with E-state index in [1.807, 2.05) is 13.8 Å². The van der Waals surface area contributed by atoms with Gasteiger partial charge in [0.1, 0.15) is 0 Å². The van der Waals surface area contributed by atoms with Crippen LogP contribution in [-0.4, -0.2) is 62.1 Å². The Morgan fingerprint density at radius 3 is 1.02 bits per heavy atom. The molecule has 2 atom stereocenters. The highest BCUT2D eigenvalue weighted by molar-refractivity contribution is 5.93. The summed E-state index contributed by atoms with van der Waals surface area (Å²) in [7, 11) is 0. The van der Waals surface area contributed by atoms with Crippen LogP contribution in [0.1, 0.15) is 155 Å². The quantitative estimate of drug-likeness (QED) is 0.0572. The molecule has 0 rings (SSSR count). The SMILES string of the molecule is CCCNC(=O)C(OC(=O)CCCCCCCCCCCN)[C@@H](OC(=O)CCCCCCCCCCCN)C(=O)NCCC. The van der Waals surface area contributed by atoms with Gasteiger partial charge in [0.25, 0.3) is 11.8 Å². The molecular formula is C34H66N4O6. The average molecular weight is 627 g/mol. The number of carbonyl (C=O) groups excluding carboxylic acids is 4. The first-order valence-corrected chi connectivity index (χ1v) is 17.8. The molecule has 0 aromatic carbocycles. The molecule has 10 heteroatoms. The number of nitrogens with two attached hydrogens (primary N) is 2. The molecule has 0 spiro atoms. The molecule has 0 saturated carbocycles. The minimum atomic E-state index is -1.54. The van der Waals surface area contributed by atoms with Crippen molar-refractivity contribution in [2.45, 2.75) is 167 Å². The number of hydrogen-bond donors (Lipinski definition) is 4. The van der Waals surface area contributed by atoms with Crippen molar-refractivity contribution >= 4 is 23.8 Å². The van der Waals surface area contributed by atoms with E-state index in [-0.39, 0.29) is 12.8 Å². The third-order valence-corrected chi connectivity index (χ3v) is 7.58. The maximum Gasteiger partial charge on any atom is 0.306 e. The highest BCUT2D eigenvalue weighted by Crippen LogP contribution is 2.15. The number of esters is 2. The Hall–Kier alpha value is -2.20. The van der Waals surface area contributed by atoms with Crippen LogP contribution in [0, 0.1) is 0 Å². The Kier molecular flexibility index (Phi) is 29.3. The Balaban J connectivity index is 4.90. The standard InChI is InChI=1S/C34H66N4O6/c1-3-27-37-33(41)31(43-29(39)23-19-15-11-7-5-9-13-17-21-25-35)32(34(42)38-28-4-2)44-30(40)24-20-16-12-8-6-10-14-18-22-26-36/h31-32H,3-28,35-36H2,1-2H3,(H,37,41)(H,38,42)/t31-,32?/m1/s1. The van der Waals surface area contributed by atoms with Gasteiger partial charge in [-0.2, -0.15) is 0 Å². The summed E-state index contributed by atoms with van der Waals surface area (Å²) in [6, 6.07) is 0. The maximum atomic E-state index is 13.1. The topological polar surface area (TPSA) is 163 Å². The monoisotopic (exact) mass is 626 g/mol. The smallest absolute Gasteiger partial charge is 0.306 e. The molecule has 0 aliphatic rings. The van der Waals surface area contributed by atoms with E-state index in [4.69, 9.17) is 20.9 Å². The predicted octanol–water partition coefficient (Wildman–Crippen LogP) is 5.58. The number of rotatable bonds is 31. The van der Waals surface area contributed by atoms with Crippen molar-refractivity contribution in [2.75, 3.05) is 26.2 Å². The molecule has 2 amide bonds. The number of unbranched alkanes of at least 4 members (excludes halogenated alkanes) is 16. The largest absolute Gasteiger partial charge is 0.448 e. The first kappa shape index (κ1) is 41.8. The van der Waals surface area contributed by atoms with E-state index < -0.39 is 36.0 Å². The van der Waals surface area contributed by atoms with Crippen LogP contribution in [-0.2, 0) is 28.7 Å². The third kappa shape index (κ3) is 24.2. The Labute approximate surface area is 267 Å². The summed E-state index contributed by atoms with van der Waals surface area (Å²) in [5, 5.41) is 5.40. The van der Waals surface area contributed by atoms with Crippen LogP contribution in [0.15, 0.2) is 0 Å². The van der Waals surface area contributed by atoms with Crippen molar-refractivity contribution in [3.8, 4) is 0 Å². The van der Waals surface area contributed by atoms with Gasteiger partial charge in [0.05, 0.1) is 0 Å². The summed E-state index contributed by atoms with van der Waals surface area (Å²) in [5.74, 6) is -2.41. The van der Waals surface area contributed by atoms with Crippen LogP contribution in [0.3, 0.4) is 0 Å². The lowest BCUT2D eigenvalue weighted by molar-refractivity contribution is -0.176. The zero-order chi connectivity index (χ0) is 32.7. The summed E-state index contributed by atoms with van der Waals surface area (Å²) in [4.78, 5) is 51.7. The van der Waals surface area contributed by atoms with Crippen LogP contribution in [0.5, 0.6) is 0 Å². The highest BCUT2D eigenvalue weighted by atomic mass is 16.6. The summed E-state index contributed by atoms with van der Waals surface area (Å²) >= 11 is 0. The number of carbonyl (C=O) groups is 4. The summed E-state index contributed by atoms with van der Waals surface area (Å²) in [6.07, 6.45) is 17.5. The number of hydrogen-bond acceptors (Lipinski definition) is 8. The van der Waals surface area contributed by atoms with Crippen LogP contribution >= 0.6 is 0 Å². The average Bonchev–Trinajstić information content (AvgIpc) is 3.02. The fraction of sp³-hybridized carbons (Fsp3) is 0.882. The molecule has 0 radical (unpaired) electrons. The second-order valence-corrected chi connectivity index (χ2v) is 11.8. The van der Waals surface area contributed by atoms with E-state index in [0.717, 1.165) is 64.5 Å². The molecule has 1 unspecified atom stereocenters. The van der Waals surface area contributed by atoms with E-state index in [2.05, 4.69) is 10.6 Å². The fourth-order valence-corrected chi connectivity index (χ4v) is 4.91. The van der Waals surface area contributed by atoms with E-state index >= 15 is 0 Å². The normalized spacial score (nSPS) is 12.4. The highest BCUT2D eigenvalue weighted by Gasteiger charge is 2.39. The van der Waals surface area contributed by atoms with Gasteiger partial charge in [-0.1, -0.05) is 104 Å². The van der Waals surface area contributed by atoms with E-state index in [1.54, 1.807) is 0 Å². The van der Waals surface area contributed by atoms with Gasteiger partial charge in [-0.05, 0) is 51.6 Å². The molecule has 44 heavy (non-hydrogen) atoms. The van der Waals surface area contributed by atoms with Crippen molar-refractivity contribution in [2.24, 2.45) is 11.5 Å². The van der Waals surface area contributed by atoms with E-state index in [0.29, 0.717) is 38.8 Å². The lowest BCUT2D eigenvalue weighted by Crippen LogP contribution is -2.53. The minimum absolute atomic E-state index is 0.137. The zero-order valence-corrected chi connectivity index (χ0v) is 28.1. The Morgan fingerprint density at radius 2 is 0.750 bits per heavy atom. The maximum absolute atomic E-state index is 13.1. The number of ether oxygens (including phenoxy) is 2. The van der Waals surface area contributed by atoms with Gasteiger partial charge in [-0.15, -0.1) is 0 Å². The fourth-order valence-electron chi connectivity index (χ4n) is 4.91. The summed E-state index contributed by atoms with van der Waals surface area (Å²) in [5.41, 5.74) is 11.1. The van der Waals surface area contributed by atoms with E-state index in [9.17, 15) is 19.2 Å². The first-order valence-electron chi connectivity index (χ1n) is 17.8. The Bertz CT molecular complexity index is 677. The zero-order valence-electron chi connectivity index (χ0n) is 28.1. The first-order chi connectivity index (χ1) is 21.4. The summed E-state index contributed by atoms with van der Waals surface area (Å²) in [6.45, 7) is 6.00. The van der Waals surface area contributed by atoms with Gasteiger partial charge >= 0.3 is 11.9 Å². The third-order valence-electron chi connectivity index (χ3n) is 7.58. The van der Waals surface area contributed by atoms with Gasteiger partial charge in [-0.25, -0.2) is 0 Å². The van der Waals surface area contributed by atoms with Gasteiger partial charge in [0.2, 0.25) is 12.2 Å². The molecule has 258 valence electrons. The lowest BCUT2D eigenvalue weighted by Gasteiger charge is -2.25. The van der Waals surface area contributed by atoms with E-state index in [1.165, 1.54) is 51.4 Å². The summed E-state index contributed by atoms with van der Waals surface area (Å²) < 4.78 is 11.1. The molecule has 0 aromatic heterocycles. The van der Waals surface area contributed by atoms with Crippen molar-refractivity contribution in [1.29, 1.82) is 0 Å². The second-order valence-electron chi connectivity index (χ2n) is 11.8. The lowest BCUT2D eigenvalue weighted by atomic mass is 10.1. The van der Waals surface area contributed by atoms with Gasteiger partial charge in [-0.3, -0.25) is 19.2 Å². The van der Waals surface area contributed by atoms with Gasteiger partial charge in [0.15, 0.2) is 0 Å². The molecule has 10 nitrogen and oxygen atoms in total. The molecular weight excluding hydrogens is 560 g/mol. The molecule has 0 aliphatic heterocycles. The molecule has 0 saturated heterocycles. The van der Waals surface area contributed by atoms with Crippen LogP contribution in [0.2, 0.25) is 0 Å². The molecule has 6 N–H and O–H groups in total. The predicted molar refractivity (Wildman–Crippen MR) is 177 cm³/mol. The minimum Gasteiger partial charge on any atom is -0.448 e.